The first-order chi connectivity index (χ1) is 12.6. The van der Waals surface area contributed by atoms with Gasteiger partial charge in [0.05, 0.1) is 17.8 Å². The second kappa shape index (κ2) is 6.67. The van der Waals surface area contributed by atoms with Crippen molar-refractivity contribution in [3.63, 3.8) is 0 Å². The van der Waals surface area contributed by atoms with E-state index in [0.717, 1.165) is 33.4 Å². The summed E-state index contributed by atoms with van der Waals surface area (Å²) in [5, 5.41) is 1.02. The zero-order valence-electron chi connectivity index (χ0n) is 14.6. The molecule has 0 spiro atoms. The topological polar surface area (TPSA) is 54.5 Å². The molecule has 1 N–H and O–H groups in total. The number of nitrogens with one attached hydrogen (secondary N) is 1. The summed E-state index contributed by atoms with van der Waals surface area (Å²) in [6.45, 7) is 3.99. The molecule has 0 aliphatic rings. The van der Waals surface area contributed by atoms with Crippen LogP contribution in [0.5, 0.6) is 0 Å². The van der Waals surface area contributed by atoms with E-state index in [0.29, 0.717) is 17.7 Å². The number of aromatic amines is 1. The van der Waals surface area contributed by atoms with Gasteiger partial charge >= 0.3 is 0 Å². The van der Waals surface area contributed by atoms with Crippen LogP contribution in [-0.2, 0) is 6.42 Å². The number of aryl methyl sites for hydroxylation is 2. The van der Waals surface area contributed by atoms with E-state index in [9.17, 15) is 4.39 Å². The van der Waals surface area contributed by atoms with Gasteiger partial charge in [0.15, 0.2) is 0 Å². The van der Waals surface area contributed by atoms with E-state index in [1.54, 1.807) is 18.7 Å². The van der Waals surface area contributed by atoms with Gasteiger partial charge in [-0.3, -0.25) is 4.98 Å². The van der Waals surface area contributed by atoms with Crippen LogP contribution in [0.4, 0.5) is 4.39 Å². The molecule has 4 aromatic heterocycles. The van der Waals surface area contributed by atoms with Crippen LogP contribution in [0.1, 0.15) is 33.6 Å². The molecule has 0 amide bonds. The monoisotopic (exact) mass is 345 g/mol. The third-order valence-corrected chi connectivity index (χ3v) is 4.31. The Kier molecular flexibility index (Phi) is 4.21. The van der Waals surface area contributed by atoms with Crippen LogP contribution in [-0.4, -0.2) is 19.9 Å². The van der Waals surface area contributed by atoms with Crippen LogP contribution in [0.2, 0.25) is 0 Å². The number of H-pyrrole nitrogens is 1. The summed E-state index contributed by atoms with van der Waals surface area (Å²) in [6, 6.07) is 9.53. The number of pyridine rings is 3. The quantitative estimate of drug-likeness (QED) is 0.561. The molecule has 1 radical (unpaired) electrons. The number of fused-ring (bicyclic) bond motifs is 1. The fraction of sp³-hybridized carbons (Fsp3) is 0.143. The number of nitrogens with zero attached hydrogens (tertiary/aromatic N) is 3. The number of hydrogen-bond acceptors (Lipinski definition) is 3. The Morgan fingerprint density at radius 1 is 1.00 bits per heavy atom. The molecule has 4 nitrogen and oxygen atoms in total. The molecule has 26 heavy (non-hydrogen) atoms. The van der Waals surface area contributed by atoms with Crippen molar-refractivity contribution in [3.05, 3.63) is 94.9 Å². The van der Waals surface area contributed by atoms with Crippen molar-refractivity contribution in [3.8, 4) is 0 Å². The van der Waals surface area contributed by atoms with Gasteiger partial charge in [0.25, 0.3) is 0 Å². The molecular formula is C21H18FN4. The largest absolute Gasteiger partial charge is 0.346 e. The Morgan fingerprint density at radius 2 is 1.88 bits per heavy atom. The van der Waals surface area contributed by atoms with Crippen molar-refractivity contribution in [2.45, 2.75) is 20.3 Å². The number of rotatable bonds is 4. The van der Waals surface area contributed by atoms with E-state index >= 15 is 0 Å². The fourth-order valence-corrected chi connectivity index (χ4v) is 2.99. The molecule has 129 valence electrons. The van der Waals surface area contributed by atoms with Gasteiger partial charge in [-0.25, -0.2) is 9.97 Å². The summed E-state index contributed by atoms with van der Waals surface area (Å²) in [5.41, 5.74) is 5.88. The molecule has 0 unspecified atom stereocenters. The highest BCUT2D eigenvalue weighted by molar-refractivity contribution is 5.80. The number of halogens is 1. The maximum absolute atomic E-state index is 14.5. The summed E-state index contributed by atoms with van der Waals surface area (Å²) in [6.07, 6.45) is 7.67. The SMILES string of the molecule is Cc1ccnc([CH]c2ccc(Cc3c[nH]c4ncc(C)cc34)c(F)n2)c1. The predicted octanol–water partition coefficient (Wildman–Crippen LogP) is 4.30. The van der Waals surface area contributed by atoms with Crippen molar-refractivity contribution in [2.24, 2.45) is 0 Å². The standard InChI is InChI=1S/C21H18FN4/c1-13-5-6-23-18(7-13)10-17-4-3-15(20(22)26-17)9-16-12-25-21-19(16)8-14(2)11-24-21/h3-8,10-12H,9H2,1-2H3,(H,24,25). The second-order valence-corrected chi connectivity index (χ2v) is 6.49. The molecule has 0 saturated carbocycles. The number of aromatic nitrogens is 4. The van der Waals surface area contributed by atoms with E-state index in [1.807, 2.05) is 44.4 Å². The van der Waals surface area contributed by atoms with Gasteiger partial charge in [-0.05, 0) is 54.8 Å². The lowest BCUT2D eigenvalue weighted by Crippen LogP contribution is -2.00. The highest BCUT2D eigenvalue weighted by Gasteiger charge is 2.11. The molecule has 4 aromatic rings. The lowest BCUT2D eigenvalue weighted by molar-refractivity contribution is 0.567. The summed E-state index contributed by atoms with van der Waals surface area (Å²) in [4.78, 5) is 15.8. The minimum atomic E-state index is -0.457. The van der Waals surface area contributed by atoms with Gasteiger partial charge in [0, 0.05) is 36.0 Å². The van der Waals surface area contributed by atoms with Crippen molar-refractivity contribution < 1.29 is 4.39 Å². The normalized spacial score (nSPS) is 11.2. The van der Waals surface area contributed by atoms with E-state index < -0.39 is 5.95 Å². The van der Waals surface area contributed by atoms with Gasteiger partial charge in [-0.15, -0.1) is 0 Å². The van der Waals surface area contributed by atoms with E-state index in [-0.39, 0.29) is 0 Å². The van der Waals surface area contributed by atoms with Crippen LogP contribution in [0, 0.1) is 26.2 Å². The first-order valence-electron chi connectivity index (χ1n) is 8.44. The highest BCUT2D eigenvalue weighted by atomic mass is 19.1. The molecular weight excluding hydrogens is 327 g/mol. The molecule has 0 fully saturated rings. The smallest absolute Gasteiger partial charge is 0.216 e. The molecule has 0 aliphatic carbocycles. The van der Waals surface area contributed by atoms with Gasteiger partial charge in [-0.2, -0.15) is 4.39 Å². The van der Waals surface area contributed by atoms with E-state index in [2.05, 4.69) is 26.0 Å². The first kappa shape index (κ1) is 16.4. The Balaban J connectivity index is 1.58. The lowest BCUT2D eigenvalue weighted by atomic mass is 10.0. The third-order valence-electron chi connectivity index (χ3n) is 4.31. The van der Waals surface area contributed by atoms with Crippen molar-refractivity contribution in [1.82, 2.24) is 19.9 Å². The van der Waals surface area contributed by atoms with Crippen LogP contribution in [0.15, 0.2) is 48.9 Å². The zero-order valence-corrected chi connectivity index (χ0v) is 14.6. The van der Waals surface area contributed by atoms with Crippen molar-refractivity contribution in [2.75, 3.05) is 0 Å². The summed E-state index contributed by atoms with van der Waals surface area (Å²) in [7, 11) is 0. The van der Waals surface area contributed by atoms with Gasteiger partial charge in [0.2, 0.25) is 5.95 Å². The molecule has 4 heterocycles. The maximum atomic E-state index is 14.5. The lowest BCUT2D eigenvalue weighted by Gasteiger charge is -2.06. The Hall–Kier alpha value is -3.08. The average molecular weight is 345 g/mol. The minimum Gasteiger partial charge on any atom is -0.346 e. The molecule has 0 saturated heterocycles. The summed E-state index contributed by atoms with van der Waals surface area (Å²) < 4.78 is 14.5. The Morgan fingerprint density at radius 3 is 2.69 bits per heavy atom. The number of hydrogen-bond donors (Lipinski definition) is 1. The highest BCUT2D eigenvalue weighted by Crippen LogP contribution is 2.22. The summed E-state index contributed by atoms with van der Waals surface area (Å²) in [5.74, 6) is -0.457. The average Bonchev–Trinajstić information content (AvgIpc) is 2.99. The van der Waals surface area contributed by atoms with Crippen molar-refractivity contribution in [1.29, 1.82) is 0 Å². The molecule has 0 atom stereocenters. The maximum Gasteiger partial charge on any atom is 0.216 e. The molecule has 0 bridgehead atoms. The third kappa shape index (κ3) is 3.33. The van der Waals surface area contributed by atoms with E-state index in [1.165, 1.54) is 0 Å². The zero-order chi connectivity index (χ0) is 18.1. The molecule has 5 heteroatoms. The Labute approximate surface area is 151 Å². The molecule has 0 aliphatic heterocycles. The van der Waals surface area contributed by atoms with Gasteiger partial charge in [-0.1, -0.05) is 6.07 Å². The van der Waals surface area contributed by atoms with Crippen LogP contribution in [0.25, 0.3) is 11.0 Å². The van der Waals surface area contributed by atoms with Crippen LogP contribution < -0.4 is 0 Å². The van der Waals surface area contributed by atoms with Gasteiger partial charge in [0.1, 0.15) is 5.65 Å². The molecule has 4 rings (SSSR count). The predicted molar refractivity (Wildman–Crippen MR) is 99.3 cm³/mol. The minimum absolute atomic E-state index is 0.457. The second-order valence-electron chi connectivity index (χ2n) is 6.49. The molecule has 0 aromatic carbocycles. The van der Waals surface area contributed by atoms with Crippen molar-refractivity contribution >= 4 is 11.0 Å². The summed E-state index contributed by atoms with van der Waals surface area (Å²) >= 11 is 0. The van der Waals surface area contributed by atoms with Crippen LogP contribution in [0.3, 0.4) is 0 Å². The first-order valence-corrected chi connectivity index (χ1v) is 8.44. The van der Waals surface area contributed by atoms with Gasteiger partial charge < -0.3 is 4.98 Å². The van der Waals surface area contributed by atoms with E-state index in [4.69, 9.17) is 0 Å². The van der Waals surface area contributed by atoms with Crippen LogP contribution >= 0.6 is 0 Å². The Bertz CT molecular complexity index is 1080. The fourth-order valence-electron chi connectivity index (χ4n) is 2.99.